The molecule has 1 aliphatic heterocycles. The zero-order valence-corrected chi connectivity index (χ0v) is 10.6. The Balaban J connectivity index is 2.35. The number of nitrogens with one attached hydrogen (secondary N) is 1. The van der Waals surface area contributed by atoms with E-state index < -0.39 is 0 Å². The maximum absolute atomic E-state index is 11.8. The van der Waals surface area contributed by atoms with Crippen molar-refractivity contribution in [3.63, 3.8) is 0 Å². The molecule has 96 valence electrons. The molecule has 1 saturated heterocycles. The number of aromatic nitrogens is 2. The fraction of sp³-hybridized carbons (Fsp3) is 0.462. The monoisotopic (exact) mass is 247 g/mol. The molecule has 1 N–H and O–H groups in total. The van der Waals surface area contributed by atoms with Crippen LogP contribution in [0, 0.1) is 0 Å². The van der Waals surface area contributed by atoms with Crippen molar-refractivity contribution >= 4 is 17.9 Å². The minimum atomic E-state index is -0.380. The van der Waals surface area contributed by atoms with Gasteiger partial charge in [0.05, 0.1) is 11.9 Å². The predicted molar refractivity (Wildman–Crippen MR) is 67.7 cm³/mol. The lowest BCUT2D eigenvalue weighted by molar-refractivity contribution is -0.136. The number of amides is 2. The van der Waals surface area contributed by atoms with Gasteiger partial charge in [-0.1, -0.05) is 13.0 Å². The van der Waals surface area contributed by atoms with E-state index in [9.17, 15) is 9.59 Å². The molecular weight excluding hydrogens is 230 g/mol. The van der Waals surface area contributed by atoms with E-state index in [-0.39, 0.29) is 17.9 Å². The van der Waals surface area contributed by atoms with Crippen LogP contribution in [0.25, 0.3) is 6.08 Å². The summed E-state index contributed by atoms with van der Waals surface area (Å²) < 4.78 is 1.72. The molecule has 1 aliphatic rings. The summed E-state index contributed by atoms with van der Waals surface area (Å²) in [4.78, 5) is 23.0. The van der Waals surface area contributed by atoms with E-state index >= 15 is 0 Å². The van der Waals surface area contributed by atoms with Crippen molar-refractivity contribution in [2.24, 2.45) is 0 Å². The number of aryl methyl sites for hydroxylation is 1. The van der Waals surface area contributed by atoms with Gasteiger partial charge >= 0.3 is 0 Å². The van der Waals surface area contributed by atoms with Crippen molar-refractivity contribution in [1.29, 1.82) is 0 Å². The summed E-state index contributed by atoms with van der Waals surface area (Å²) in [5, 5.41) is 6.66. The molecule has 1 atom stereocenters. The van der Waals surface area contributed by atoms with Crippen molar-refractivity contribution in [2.45, 2.75) is 39.2 Å². The smallest absolute Gasteiger partial charge is 0.251 e. The van der Waals surface area contributed by atoms with E-state index in [4.69, 9.17) is 0 Å². The molecule has 2 rings (SSSR count). The lowest BCUT2D eigenvalue weighted by Gasteiger charge is -2.22. The van der Waals surface area contributed by atoms with E-state index in [1.54, 1.807) is 10.9 Å². The molecule has 0 bridgehead atoms. The summed E-state index contributed by atoms with van der Waals surface area (Å²) in [5.74, 6) is -0.463. The summed E-state index contributed by atoms with van der Waals surface area (Å²) in [7, 11) is 0. The number of nitrogens with zero attached hydrogens (tertiary/aromatic N) is 2. The van der Waals surface area contributed by atoms with Gasteiger partial charge < -0.3 is 0 Å². The van der Waals surface area contributed by atoms with Gasteiger partial charge in [0.2, 0.25) is 5.91 Å². The molecule has 1 unspecified atom stereocenters. The lowest BCUT2D eigenvalue weighted by Crippen LogP contribution is -2.42. The Hall–Kier alpha value is -1.91. The van der Waals surface area contributed by atoms with Crippen LogP contribution in [0.5, 0.6) is 0 Å². The van der Waals surface area contributed by atoms with Crippen molar-refractivity contribution in [2.75, 3.05) is 0 Å². The fourth-order valence-corrected chi connectivity index (χ4v) is 2.18. The molecule has 0 spiro atoms. The SMILES string of the molecule is C/C=C\c1c(CC)cnn1C1CCC(=O)NC1=O. The normalized spacial score (nSPS) is 20.4. The Morgan fingerprint density at radius 3 is 2.94 bits per heavy atom. The van der Waals surface area contributed by atoms with Crippen molar-refractivity contribution in [1.82, 2.24) is 15.1 Å². The van der Waals surface area contributed by atoms with Gasteiger partial charge in [-0.3, -0.25) is 19.6 Å². The molecule has 1 aromatic rings. The Morgan fingerprint density at radius 1 is 1.56 bits per heavy atom. The number of allylic oxidation sites excluding steroid dienone is 1. The molecule has 2 heterocycles. The quantitative estimate of drug-likeness (QED) is 0.822. The summed E-state index contributed by atoms with van der Waals surface area (Å²) in [6, 6.07) is -0.380. The first-order chi connectivity index (χ1) is 8.67. The highest BCUT2D eigenvalue weighted by Gasteiger charge is 2.30. The first kappa shape index (κ1) is 12.5. The summed E-state index contributed by atoms with van der Waals surface area (Å²) in [5.41, 5.74) is 2.06. The van der Waals surface area contributed by atoms with Gasteiger partial charge in [0, 0.05) is 6.42 Å². The molecule has 0 saturated carbocycles. The molecular formula is C13H17N3O2. The Bertz CT molecular complexity index is 502. The molecule has 0 aliphatic carbocycles. The van der Waals surface area contributed by atoms with E-state index in [1.165, 1.54) is 0 Å². The zero-order valence-electron chi connectivity index (χ0n) is 10.6. The highest BCUT2D eigenvalue weighted by Crippen LogP contribution is 2.23. The van der Waals surface area contributed by atoms with E-state index in [0.717, 1.165) is 17.7 Å². The Kier molecular flexibility index (Phi) is 3.60. The van der Waals surface area contributed by atoms with Crippen LogP contribution in [0.2, 0.25) is 0 Å². The highest BCUT2D eigenvalue weighted by molar-refractivity contribution is 5.99. The van der Waals surface area contributed by atoms with E-state index in [0.29, 0.717) is 12.8 Å². The number of piperidine rings is 1. The second-order valence-corrected chi connectivity index (χ2v) is 4.32. The van der Waals surface area contributed by atoms with Gasteiger partial charge in [0.25, 0.3) is 5.91 Å². The Labute approximate surface area is 106 Å². The number of imide groups is 1. The maximum Gasteiger partial charge on any atom is 0.251 e. The standard InChI is InChI=1S/C13H17N3O2/c1-3-5-10-9(4-2)8-14-16(10)11-6-7-12(17)15-13(11)18/h3,5,8,11H,4,6-7H2,1-2H3,(H,15,17,18)/b5-3-. The molecule has 5 heteroatoms. The highest BCUT2D eigenvalue weighted by atomic mass is 16.2. The second kappa shape index (κ2) is 5.16. The van der Waals surface area contributed by atoms with Crippen molar-refractivity contribution in [3.05, 3.63) is 23.5 Å². The summed E-state index contributed by atoms with van der Waals surface area (Å²) in [6.45, 7) is 3.99. The molecule has 2 amide bonds. The van der Waals surface area contributed by atoms with Crippen LogP contribution in [-0.4, -0.2) is 21.6 Å². The molecule has 0 aromatic carbocycles. The van der Waals surface area contributed by atoms with E-state index in [1.807, 2.05) is 19.1 Å². The van der Waals surface area contributed by atoms with Crippen LogP contribution >= 0.6 is 0 Å². The van der Waals surface area contributed by atoms with Crippen molar-refractivity contribution < 1.29 is 9.59 Å². The number of hydrogen-bond acceptors (Lipinski definition) is 3. The second-order valence-electron chi connectivity index (χ2n) is 4.32. The zero-order chi connectivity index (χ0) is 13.1. The van der Waals surface area contributed by atoms with Crippen LogP contribution in [-0.2, 0) is 16.0 Å². The van der Waals surface area contributed by atoms with Crippen LogP contribution in [0.1, 0.15) is 44.0 Å². The van der Waals surface area contributed by atoms with Gasteiger partial charge in [-0.05, 0) is 31.4 Å². The Morgan fingerprint density at radius 2 is 2.33 bits per heavy atom. The van der Waals surface area contributed by atoms with Gasteiger partial charge in [-0.2, -0.15) is 5.10 Å². The number of hydrogen-bond donors (Lipinski definition) is 1. The number of carbonyl (C=O) groups excluding carboxylic acids is 2. The van der Waals surface area contributed by atoms with Gasteiger partial charge in [0.1, 0.15) is 6.04 Å². The number of rotatable bonds is 3. The first-order valence-electron chi connectivity index (χ1n) is 6.20. The third kappa shape index (κ3) is 2.20. The molecule has 5 nitrogen and oxygen atoms in total. The lowest BCUT2D eigenvalue weighted by atomic mass is 10.1. The maximum atomic E-state index is 11.8. The first-order valence-corrected chi connectivity index (χ1v) is 6.20. The van der Waals surface area contributed by atoms with Gasteiger partial charge in [-0.15, -0.1) is 0 Å². The van der Waals surface area contributed by atoms with Crippen LogP contribution in [0.3, 0.4) is 0 Å². The van der Waals surface area contributed by atoms with Gasteiger partial charge in [-0.25, -0.2) is 0 Å². The molecule has 0 radical (unpaired) electrons. The largest absolute Gasteiger partial charge is 0.295 e. The number of carbonyl (C=O) groups is 2. The van der Waals surface area contributed by atoms with Crippen molar-refractivity contribution in [3.8, 4) is 0 Å². The summed E-state index contributed by atoms with van der Waals surface area (Å²) in [6.07, 6.45) is 7.42. The molecule has 1 fully saturated rings. The third-order valence-corrected chi connectivity index (χ3v) is 3.12. The average molecular weight is 247 g/mol. The predicted octanol–water partition coefficient (Wildman–Crippen LogP) is 1.46. The molecule has 1 aromatic heterocycles. The summed E-state index contributed by atoms with van der Waals surface area (Å²) >= 11 is 0. The van der Waals surface area contributed by atoms with Crippen LogP contribution in [0.15, 0.2) is 12.3 Å². The van der Waals surface area contributed by atoms with Crippen LogP contribution < -0.4 is 5.32 Å². The van der Waals surface area contributed by atoms with Gasteiger partial charge in [0.15, 0.2) is 0 Å². The average Bonchev–Trinajstić information content (AvgIpc) is 2.73. The minimum Gasteiger partial charge on any atom is -0.295 e. The molecule has 18 heavy (non-hydrogen) atoms. The van der Waals surface area contributed by atoms with Crippen LogP contribution in [0.4, 0.5) is 0 Å². The fourth-order valence-electron chi connectivity index (χ4n) is 2.18. The third-order valence-electron chi connectivity index (χ3n) is 3.12. The van der Waals surface area contributed by atoms with E-state index in [2.05, 4.69) is 17.3 Å². The topological polar surface area (TPSA) is 64.0 Å². The minimum absolute atomic E-state index is 0.202.